The summed E-state index contributed by atoms with van der Waals surface area (Å²) in [5.41, 5.74) is -4.47. The number of hydrogen-bond acceptors (Lipinski definition) is 9. The molecule has 2 aliphatic rings. The van der Waals surface area contributed by atoms with Gasteiger partial charge in [-0.3, -0.25) is 14.2 Å². The van der Waals surface area contributed by atoms with Gasteiger partial charge in [0.25, 0.3) is 15.6 Å². The topological polar surface area (TPSA) is 160 Å². The van der Waals surface area contributed by atoms with Crippen molar-refractivity contribution in [1.29, 1.82) is 0 Å². The van der Waals surface area contributed by atoms with Crippen LogP contribution in [0.3, 0.4) is 0 Å². The smallest absolute Gasteiger partial charge is 0.396 e. The fourth-order valence-electron chi connectivity index (χ4n) is 3.96. The van der Waals surface area contributed by atoms with Crippen LogP contribution in [0.15, 0.2) is 50.4 Å². The van der Waals surface area contributed by atoms with Crippen LogP contribution in [0.5, 0.6) is 5.75 Å². The van der Waals surface area contributed by atoms with Crippen molar-refractivity contribution in [1.82, 2.24) is 14.5 Å². The van der Waals surface area contributed by atoms with E-state index in [-0.39, 0.29) is 29.9 Å². The van der Waals surface area contributed by atoms with E-state index in [1.165, 1.54) is 18.2 Å². The molecule has 2 aromatic heterocycles. The van der Waals surface area contributed by atoms with E-state index in [2.05, 4.69) is 19.5 Å². The normalized spacial score (nSPS) is 17.7. The zero-order valence-electron chi connectivity index (χ0n) is 19.3. The monoisotopic (exact) mass is 589 g/mol. The molecule has 38 heavy (non-hydrogen) atoms. The fourth-order valence-corrected chi connectivity index (χ4v) is 6.41. The van der Waals surface area contributed by atoms with E-state index in [1.807, 2.05) is 0 Å². The number of anilines is 1. The second-order valence-electron chi connectivity index (χ2n) is 8.91. The highest BCUT2D eigenvalue weighted by Crippen LogP contribution is 2.58. The van der Waals surface area contributed by atoms with Gasteiger partial charge in [-0.05, 0) is 42.5 Å². The van der Waals surface area contributed by atoms with Gasteiger partial charge >= 0.3 is 6.18 Å². The number of alkyl halides is 3. The third-order valence-corrected chi connectivity index (χ3v) is 8.90. The largest absolute Gasteiger partial charge is 0.505 e. The lowest BCUT2D eigenvalue weighted by atomic mass is 10.1. The molecule has 0 spiro atoms. The molecule has 0 atom stereocenters. The average molecular weight is 590 g/mol. The van der Waals surface area contributed by atoms with Crippen molar-refractivity contribution in [3.05, 3.63) is 51.6 Å². The summed E-state index contributed by atoms with van der Waals surface area (Å²) < 4.78 is 95.0. The molecule has 1 aliphatic heterocycles. The van der Waals surface area contributed by atoms with Crippen LogP contribution in [0.4, 0.5) is 24.5 Å². The number of thiophene rings is 1. The molecular weight excluding hydrogens is 571 g/mol. The zero-order chi connectivity index (χ0) is 27.7. The van der Waals surface area contributed by atoms with Gasteiger partial charge < -0.3 is 5.11 Å². The van der Waals surface area contributed by atoms with Crippen LogP contribution in [-0.2, 0) is 26.6 Å². The van der Waals surface area contributed by atoms with Crippen molar-refractivity contribution in [3.63, 3.8) is 0 Å². The molecule has 0 saturated heterocycles. The molecule has 0 radical (unpaired) electrons. The van der Waals surface area contributed by atoms with E-state index >= 15 is 0 Å². The number of rotatable bonds is 6. The van der Waals surface area contributed by atoms with Crippen LogP contribution in [0, 0.1) is 5.41 Å². The summed E-state index contributed by atoms with van der Waals surface area (Å²) in [4.78, 5) is 17.4. The van der Waals surface area contributed by atoms with Gasteiger partial charge in [0.1, 0.15) is 16.2 Å². The molecule has 5 rings (SSSR count). The molecule has 0 amide bonds. The molecule has 1 aliphatic carbocycles. The number of aromatic nitrogens is 2. The number of sulfonamides is 2. The molecule has 3 N–H and O–H groups in total. The highest BCUT2D eigenvalue weighted by Gasteiger charge is 2.63. The lowest BCUT2D eigenvalue weighted by Crippen LogP contribution is -2.41. The molecule has 1 aromatic carbocycles. The summed E-state index contributed by atoms with van der Waals surface area (Å²) in [6.07, 6.45) is -4.14. The molecule has 0 bridgehead atoms. The van der Waals surface area contributed by atoms with Gasteiger partial charge in [-0.25, -0.2) is 26.5 Å². The van der Waals surface area contributed by atoms with Crippen LogP contribution in [0.1, 0.15) is 18.4 Å². The van der Waals surface area contributed by atoms with E-state index in [0.29, 0.717) is 9.56 Å². The SMILES string of the molecule is CS(=O)(=O)Nc1ccc2c(c1)S(=O)(=O)NC(c1c(O)c(-c3cccs3)nn(CC3(C(F)(F)F)CC3)c1=O)=N2. The van der Waals surface area contributed by atoms with Crippen LogP contribution >= 0.6 is 11.3 Å². The maximum Gasteiger partial charge on any atom is 0.396 e. The third kappa shape index (κ3) is 4.64. The van der Waals surface area contributed by atoms with Crippen molar-refractivity contribution in [2.24, 2.45) is 10.4 Å². The predicted molar refractivity (Wildman–Crippen MR) is 133 cm³/mol. The highest BCUT2D eigenvalue weighted by molar-refractivity contribution is 7.92. The lowest BCUT2D eigenvalue weighted by Gasteiger charge is -2.22. The molecule has 0 unspecified atom stereocenters. The van der Waals surface area contributed by atoms with Gasteiger partial charge in [-0.2, -0.15) is 18.3 Å². The first-order valence-corrected chi connectivity index (χ1v) is 15.0. The quantitative estimate of drug-likeness (QED) is 0.399. The number of hydrogen-bond donors (Lipinski definition) is 3. The minimum Gasteiger partial charge on any atom is -0.505 e. The average Bonchev–Trinajstić information content (AvgIpc) is 3.39. The number of benzene rings is 1. The molecule has 3 heterocycles. The summed E-state index contributed by atoms with van der Waals surface area (Å²) in [5.74, 6) is -1.37. The Kier molecular flexibility index (Phi) is 5.88. The Morgan fingerprint density at radius 1 is 1.26 bits per heavy atom. The number of nitrogens with zero attached hydrogens (tertiary/aromatic N) is 3. The van der Waals surface area contributed by atoms with Crippen molar-refractivity contribution >= 4 is 48.6 Å². The molecule has 11 nitrogen and oxygen atoms in total. The second-order valence-corrected chi connectivity index (χ2v) is 13.3. The number of aromatic hydroxyl groups is 1. The second kappa shape index (κ2) is 8.54. The summed E-state index contributed by atoms with van der Waals surface area (Å²) in [6, 6.07) is 6.57. The van der Waals surface area contributed by atoms with Crippen LogP contribution < -0.4 is 15.0 Å². The van der Waals surface area contributed by atoms with Gasteiger partial charge in [-0.15, -0.1) is 11.3 Å². The van der Waals surface area contributed by atoms with Crippen molar-refractivity contribution < 1.29 is 35.1 Å². The summed E-state index contributed by atoms with van der Waals surface area (Å²) in [5, 5.41) is 16.6. The van der Waals surface area contributed by atoms with E-state index in [1.54, 1.807) is 11.4 Å². The summed E-state index contributed by atoms with van der Waals surface area (Å²) in [6.45, 7) is -0.821. The molecule has 1 fully saturated rings. The van der Waals surface area contributed by atoms with Crippen molar-refractivity contribution in [2.75, 3.05) is 11.0 Å². The number of halogens is 3. The fraction of sp³-hybridized carbons (Fsp3) is 0.286. The molecule has 17 heteroatoms. The van der Waals surface area contributed by atoms with Gasteiger partial charge in [0.2, 0.25) is 10.0 Å². The van der Waals surface area contributed by atoms with Crippen LogP contribution in [-0.4, -0.2) is 50.0 Å². The van der Waals surface area contributed by atoms with Gasteiger partial charge in [0.15, 0.2) is 11.6 Å². The Labute approximate surface area is 217 Å². The third-order valence-electron chi connectivity index (χ3n) is 6.04. The molecule has 1 saturated carbocycles. The maximum atomic E-state index is 13.7. The van der Waals surface area contributed by atoms with Gasteiger partial charge in [0, 0.05) is 5.69 Å². The molecular formula is C21H18F3N5O6S3. The van der Waals surface area contributed by atoms with Crippen LogP contribution in [0.2, 0.25) is 0 Å². The Morgan fingerprint density at radius 2 is 1.97 bits per heavy atom. The maximum absolute atomic E-state index is 13.7. The lowest BCUT2D eigenvalue weighted by molar-refractivity contribution is -0.191. The predicted octanol–water partition coefficient (Wildman–Crippen LogP) is 2.76. The Bertz CT molecular complexity index is 1760. The first-order valence-electron chi connectivity index (χ1n) is 10.8. The standard InChI is InChI=1S/C21H18F3N5O6S3/c1-37(32,33)27-11-4-5-12-14(9-11)38(34,35)28-18(25-12)15-17(30)16(13-3-2-8-36-13)26-29(19(15)31)10-20(6-7-20)21(22,23)24/h2-5,8-9,27,30H,6-7,10H2,1H3,(H,25,28). The first kappa shape index (κ1) is 26.2. The van der Waals surface area contributed by atoms with Gasteiger partial charge in [0.05, 0.1) is 28.8 Å². The van der Waals surface area contributed by atoms with Crippen molar-refractivity contribution in [2.45, 2.75) is 30.5 Å². The Hall–Kier alpha value is -3.44. The van der Waals surface area contributed by atoms with E-state index < -0.39 is 65.8 Å². The minimum atomic E-state index is -4.60. The number of nitrogens with one attached hydrogen (secondary N) is 2. The van der Waals surface area contributed by atoms with E-state index in [9.17, 15) is 39.9 Å². The van der Waals surface area contributed by atoms with Crippen molar-refractivity contribution in [3.8, 4) is 16.3 Å². The highest BCUT2D eigenvalue weighted by atomic mass is 32.2. The van der Waals surface area contributed by atoms with Crippen LogP contribution in [0.25, 0.3) is 10.6 Å². The number of aliphatic imine (C=N–C) groups is 1. The van der Waals surface area contributed by atoms with E-state index in [0.717, 1.165) is 23.7 Å². The Morgan fingerprint density at radius 3 is 2.55 bits per heavy atom. The zero-order valence-corrected chi connectivity index (χ0v) is 21.7. The van der Waals surface area contributed by atoms with E-state index in [4.69, 9.17) is 0 Å². The number of fused-ring (bicyclic) bond motifs is 1. The molecule has 202 valence electrons. The summed E-state index contributed by atoms with van der Waals surface area (Å²) in [7, 11) is -8.17. The first-order chi connectivity index (χ1) is 17.6. The minimum absolute atomic E-state index is 0.0637. The summed E-state index contributed by atoms with van der Waals surface area (Å²) >= 11 is 1.10. The number of amidine groups is 1. The van der Waals surface area contributed by atoms with Gasteiger partial charge in [-0.1, -0.05) is 6.07 Å². The molecule has 3 aromatic rings. The Balaban J connectivity index is 1.69.